The standard InChI is InChI=1S/4C2H4O3.C/c4*1-2(3)5-4;/h4*4H,1H3;/q;;;;+4/p-4. The van der Waals surface area contributed by atoms with Crippen LogP contribution in [-0.2, 0) is 38.7 Å². The maximum absolute atomic E-state index is 9.28. The topological polar surface area (TPSA) is 197 Å². The third-order valence-electron chi connectivity index (χ3n) is 0.469. The van der Waals surface area contributed by atoms with Gasteiger partial charge in [0.15, 0.2) is 0 Å². The first kappa shape index (κ1) is 31.2. The van der Waals surface area contributed by atoms with Gasteiger partial charge < -0.3 is 40.6 Å². The predicted molar refractivity (Wildman–Crippen MR) is 50.3 cm³/mol. The zero-order valence-electron chi connectivity index (χ0n) is 11.4. The molecule has 0 heterocycles. The second kappa shape index (κ2) is 26.3. The smallest absolute Gasteiger partial charge is 0.662 e. The molecule has 12 nitrogen and oxygen atoms in total. The second-order valence-corrected chi connectivity index (χ2v) is 2.30. The molecule has 0 radical (unpaired) electrons. The van der Waals surface area contributed by atoms with E-state index < -0.39 is 23.9 Å². The van der Waals surface area contributed by atoms with Gasteiger partial charge >= 0.3 is 7.43 Å². The van der Waals surface area contributed by atoms with Crippen LogP contribution in [0.1, 0.15) is 27.7 Å². The van der Waals surface area contributed by atoms with Gasteiger partial charge in [0, 0.05) is 27.7 Å². The van der Waals surface area contributed by atoms with E-state index >= 15 is 0 Å². The molecule has 0 N–H and O–H groups in total. The minimum atomic E-state index is -0.801. The average molecular weight is 312 g/mol. The Hall–Kier alpha value is -2.28. The Bertz CT molecular complexity index is 218. The maximum atomic E-state index is 9.28. The van der Waals surface area contributed by atoms with Crippen LogP contribution < -0.4 is 21.0 Å². The molecule has 0 spiro atoms. The second-order valence-electron chi connectivity index (χ2n) is 2.30. The van der Waals surface area contributed by atoms with E-state index in [9.17, 15) is 19.2 Å². The molecule has 0 unspecified atom stereocenters. The molecular formula is C9H12O12. The van der Waals surface area contributed by atoms with Crippen molar-refractivity contribution >= 4 is 23.9 Å². The molecular weight excluding hydrogens is 300 g/mol. The van der Waals surface area contributed by atoms with E-state index in [0.29, 0.717) is 0 Å². The first-order valence-electron chi connectivity index (χ1n) is 4.30. The van der Waals surface area contributed by atoms with Crippen LogP contribution in [0.3, 0.4) is 0 Å². The van der Waals surface area contributed by atoms with Crippen molar-refractivity contribution in [3.8, 4) is 0 Å². The monoisotopic (exact) mass is 312 g/mol. The first-order valence-corrected chi connectivity index (χ1v) is 4.30. The molecule has 0 rings (SSSR count). The van der Waals surface area contributed by atoms with Gasteiger partial charge in [-0.1, -0.05) is 0 Å². The number of hydrogen-bond donors (Lipinski definition) is 0. The van der Waals surface area contributed by atoms with Crippen molar-refractivity contribution in [2.24, 2.45) is 0 Å². The van der Waals surface area contributed by atoms with Crippen LogP contribution in [0.2, 0.25) is 0 Å². The van der Waals surface area contributed by atoms with E-state index in [1.165, 1.54) is 0 Å². The molecule has 12 heteroatoms. The maximum Gasteiger partial charge on any atom is 4.00 e. The molecule has 0 aliphatic heterocycles. The van der Waals surface area contributed by atoms with Crippen LogP contribution in [0.4, 0.5) is 0 Å². The van der Waals surface area contributed by atoms with Crippen molar-refractivity contribution in [1.29, 1.82) is 0 Å². The number of carbonyl (C=O) groups excluding carboxylic acids is 4. The van der Waals surface area contributed by atoms with Crippen LogP contribution in [0.5, 0.6) is 0 Å². The first-order chi connectivity index (χ1) is 9.08. The van der Waals surface area contributed by atoms with E-state index in [1.54, 1.807) is 0 Å². The summed E-state index contributed by atoms with van der Waals surface area (Å²) in [5.74, 6) is -3.20. The Kier molecular flexibility index (Phi) is 39.1. The average Bonchev–Trinajstić information content (AvgIpc) is 2.40. The summed E-state index contributed by atoms with van der Waals surface area (Å²) in [4.78, 5) is 48.6. The summed E-state index contributed by atoms with van der Waals surface area (Å²) >= 11 is 0. The van der Waals surface area contributed by atoms with Crippen molar-refractivity contribution in [1.82, 2.24) is 0 Å². The van der Waals surface area contributed by atoms with Crippen molar-refractivity contribution in [3.05, 3.63) is 7.43 Å². The zero-order valence-corrected chi connectivity index (χ0v) is 11.4. The predicted octanol–water partition coefficient (Wildman–Crippen LogP) is -4.62. The summed E-state index contributed by atoms with van der Waals surface area (Å²) in [6, 6.07) is 0. The third-order valence-corrected chi connectivity index (χ3v) is 0.469. The molecule has 120 valence electrons. The summed E-state index contributed by atoms with van der Waals surface area (Å²) in [5, 5.41) is 35.1. The Labute approximate surface area is 120 Å². The van der Waals surface area contributed by atoms with Gasteiger partial charge in [-0.05, 0) is 0 Å². The molecule has 0 aromatic rings. The molecule has 0 aromatic carbocycles. The van der Waals surface area contributed by atoms with E-state index in [1.807, 2.05) is 0 Å². The van der Waals surface area contributed by atoms with Crippen molar-refractivity contribution < 1.29 is 59.8 Å². The summed E-state index contributed by atoms with van der Waals surface area (Å²) in [6.45, 7) is 4.19. The third kappa shape index (κ3) is 134. The fourth-order valence-electron chi connectivity index (χ4n) is 0. The molecule has 0 saturated carbocycles. The van der Waals surface area contributed by atoms with E-state index in [4.69, 9.17) is 21.0 Å². The largest absolute Gasteiger partial charge is 4.00 e. The summed E-state index contributed by atoms with van der Waals surface area (Å²) < 4.78 is 0. The molecule has 0 amide bonds. The van der Waals surface area contributed by atoms with Gasteiger partial charge in [0.2, 0.25) is 0 Å². The SMILES string of the molecule is CC(=O)O[O-].CC(=O)O[O-].CC(=O)O[O-].CC(=O)O[O-].[C+4]. The van der Waals surface area contributed by atoms with E-state index in [-0.39, 0.29) is 7.43 Å². The van der Waals surface area contributed by atoms with E-state index in [2.05, 4.69) is 19.6 Å². The molecule has 0 saturated heterocycles. The van der Waals surface area contributed by atoms with Crippen molar-refractivity contribution in [2.45, 2.75) is 27.7 Å². The minimum absolute atomic E-state index is 0. The molecule has 0 bridgehead atoms. The van der Waals surface area contributed by atoms with Gasteiger partial charge in [0.1, 0.15) is 0 Å². The number of rotatable bonds is 0. The van der Waals surface area contributed by atoms with Gasteiger partial charge in [-0.15, -0.1) is 0 Å². The Balaban J connectivity index is -0.0000000533. The molecule has 0 aromatic heterocycles. The fourth-order valence-corrected chi connectivity index (χ4v) is 0. The van der Waals surface area contributed by atoms with Crippen LogP contribution in [0.25, 0.3) is 0 Å². The molecule has 0 aliphatic carbocycles. The van der Waals surface area contributed by atoms with E-state index in [0.717, 1.165) is 27.7 Å². The Morgan fingerprint density at radius 2 is 0.571 bits per heavy atom. The molecule has 21 heavy (non-hydrogen) atoms. The number of carbonyl (C=O) groups is 4. The zero-order chi connectivity index (χ0) is 17.1. The van der Waals surface area contributed by atoms with Crippen LogP contribution >= 0.6 is 0 Å². The quantitative estimate of drug-likeness (QED) is 0.306. The van der Waals surface area contributed by atoms with Crippen LogP contribution in [0, 0.1) is 7.43 Å². The van der Waals surface area contributed by atoms with Gasteiger partial charge in [0.25, 0.3) is 23.9 Å². The van der Waals surface area contributed by atoms with Gasteiger partial charge in [-0.25, -0.2) is 0 Å². The summed E-state index contributed by atoms with van der Waals surface area (Å²) in [5.41, 5.74) is 0. The molecule has 0 atom stereocenters. The normalized spacial score (nSPS) is 6.48. The van der Waals surface area contributed by atoms with Crippen LogP contribution in [-0.4, -0.2) is 23.9 Å². The van der Waals surface area contributed by atoms with Crippen LogP contribution in [0.15, 0.2) is 0 Å². The van der Waals surface area contributed by atoms with Gasteiger partial charge in [-0.2, -0.15) is 0 Å². The van der Waals surface area contributed by atoms with Crippen molar-refractivity contribution in [3.63, 3.8) is 0 Å². The minimum Gasteiger partial charge on any atom is -0.662 e. The van der Waals surface area contributed by atoms with Crippen molar-refractivity contribution in [2.75, 3.05) is 0 Å². The summed E-state index contributed by atoms with van der Waals surface area (Å²) in [6.07, 6.45) is 0. The molecule has 0 fully saturated rings. The Morgan fingerprint density at radius 3 is 0.571 bits per heavy atom. The summed E-state index contributed by atoms with van der Waals surface area (Å²) in [7, 11) is 0. The van der Waals surface area contributed by atoms with Gasteiger partial charge in [0.05, 0.1) is 0 Å². The Morgan fingerprint density at radius 1 is 0.524 bits per heavy atom. The van der Waals surface area contributed by atoms with Gasteiger partial charge in [-0.3, -0.25) is 19.2 Å². The fraction of sp³-hybridized carbons (Fsp3) is 0.444. The number of hydrogen-bond acceptors (Lipinski definition) is 12. The molecule has 0 aliphatic rings.